The molecule has 2 aromatic rings. The highest BCUT2D eigenvalue weighted by Crippen LogP contribution is 2.29. The number of nitrogens with zero attached hydrogens (tertiary/aromatic N) is 1. The van der Waals surface area contributed by atoms with Gasteiger partial charge in [0.15, 0.2) is 0 Å². The minimum atomic E-state index is -0.385. The topological polar surface area (TPSA) is 20.2 Å². The first kappa shape index (κ1) is 24.6. The maximum atomic E-state index is 11.2. The Hall–Kier alpha value is -1.64. The van der Waals surface area contributed by atoms with Crippen molar-refractivity contribution < 1.29 is 9.59 Å². The molecule has 0 unspecified atom stereocenters. The summed E-state index contributed by atoms with van der Waals surface area (Å²) < 4.78 is 0.898. The van der Waals surface area contributed by atoms with Crippen LogP contribution in [0.2, 0.25) is 0 Å². The highest BCUT2D eigenvalue weighted by atomic mass is 16.3. The lowest BCUT2D eigenvalue weighted by molar-refractivity contribution is -0.907. The number of hydrogen-bond donors (Lipinski definition) is 1. The van der Waals surface area contributed by atoms with Gasteiger partial charge in [-0.1, -0.05) is 119 Å². The van der Waals surface area contributed by atoms with Crippen molar-refractivity contribution in [3.8, 4) is 0 Å². The average molecular weight is 411 g/mol. The van der Waals surface area contributed by atoms with Crippen LogP contribution in [-0.2, 0) is 6.54 Å². The Morgan fingerprint density at radius 3 is 1.87 bits per heavy atom. The summed E-state index contributed by atoms with van der Waals surface area (Å²) in [5.41, 5.74) is 2.42. The van der Waals surface area contributed by atoms with Crippen LogP contribution in [0.25, 0.3) is 0 Å². The lowest BCUT2D eigenvalue weighted by Crippen LogP contribution is -2.44. The Morgan fingerprint density at radius 1 is 0.733 bits per heavy atom. The summed E-state index contributed by atoms with van der Waals surface area (Å²) in [4.78, 5) is 0. The maximum absolute atomic E-state index is 11.2. The van der Waals surface area contributed by atoms with Crippen LogP contribution in [0.15, 0.2) is 60.7 Å². The molecule has 2 heteroatoms. The summed E-state index contributed by atoms with van der Waals surface area (Å²) >= 11 is 0. The van der Waals surface area contributed by atoms with Gasteiger partial charge in [0.1, 0.15) is 6.54 Å². The molecule has 0 amide bonds. The Balaban J connectivity index is 1.92. The summed E-state index contributed by atoms with van der Waals surface area (Å²) in [7, 11) is 4.59. The van der Waals surface area contributed by atoms with Gasteiger partial charge in [-0.15, -0.1) is 0 Å². The molecule has 166 valence electrons. The van der Waals surface area contributed by atoms with Gasteiger partial charge in [0.25, 0.3) is 0 Å². The van der Waals surface area contributed by atoms with E-state index in [4.69, 9.17) is 0 Å². The van der Waals surface area contributed by atoms with E-state index in [1.165, 1.54) is 56.9 Å². The second-order valence-corrected chi connectivity index (χ2v) is 9.64. The zero-order valence-corrected chi connectivity index (χ0v) is 19.6. The first-order valence-electron chi connectivity index (χ1n) is 12.1. The van der Waals surface area contributed by atoms with Crippen molar-refractivity contribution >= 4 is 0 Å². The summed E-state index contributed by atoms with van der Waals surface area (Å²) in [6.45, 7) is 4.26. The van der Waals surface area contributed by atoms with Gasteiger partial charge in [-0.2, -0.15) is 0 Å². The molecule has 0 spiro atoms. The molecular weight excluding hydrogens is 366 g/mol. The van der Waals surface area contributed by atoms with E-state index < -0.39 is 0 Å². The molecule has 0 aliphatic rings. The number of rotatable bonds is 15. The maximum Gasteiger partial charge on any atom is 0.104 e. The third-order valence-corrected chi connectivity index (χ3v) is 6.20. The molecule has 0 aromatic heterocycles. The molecule has 2 atom stereocenters. The summed E-state index contributed by atoms with van der Waals surface area (Å²) in [6, 6.07) is 21.0. The third-order valence-electron chi connectivity index (χ3n) is 6.20. The lowest BCUT2D eigenvalue weighted by Gasteiger charge is -2.35. The SMILES string of the molecule is CCCCCCCCCC[C@@H](C[N+](C)(C)Cc1ccccc1)[C@@H](O)c1ccccc1. The third kappa shape index (κ3) is 9.45. The standard InChI is InChI=1S/C28H44NO/c1-4-5-6-7-8-9-10-15-22-27(28(30)26-20-16-12-17-21-26)24-29(2,3)23-25-18-13-11-14-19-25/h11-14,16-21,27-28,30H,4-10,15,22-24H2,1-3H3/q+1/t27-,28-/m0/s1. The Bertz CT molecular complexity index is 668. The second-order valence-electron chi connectivity index (χ2n) is 9.64. The molecule has 0 saturated heterocycles. The molecule has 2 nitrogen and oxygen atoms in total. The zero-order chi connectivity index (χ0) is 21.7. The molecule has 2 aromatic carbocycles. The van der Waals surface area contributed by atoms with E-state index in [1.54, 1.807) is 0 Å². The second kappa shape index (κ2) is 13.6. The van der Waals surface area contributed by atoms with Crippen molar-refractivity contribution in [1.82, 2.24) is 0 Å². The minimum absolute atomic E-state index is 0.284. The van der Waals surface area contributed by atoms with E-state index in [2.05, 4.69) is 63.5 Å². The van der Waals surface area contributed by atoms with E-state index in [0.29, 0.717) is 0 Å². The van der Waals surface area contributed by atoms with Crippen molar-refractivity contribution in [2.45, 2.75) is 77.4 Å². The normalized spacial score (nSPS) is 13.9. The molecule has 0 saturated carbocycles. The number of aliphatic hydroxyl groups excluding tert-OH is 1. The molecule has 0 aliphatic heterocycles. The van der Waals surface area contributed by atoms with Gasteiger partial charge in [0.2, 0.25) is 0 Å². The van der Waals surface area contributed by atoms with E-state index in [-0.39, 0.29) is 12.0 Å². The number of unbranched alkanes of at least 4 members (excludes halogenated alkanes) is 7. The van der Waals surface area contributed by atoms with Crippen molar-refractivity contribution in [3.63, 3.8) is 0 Å². The van der Waals surface area contributed by atoms with E-state index >= 15 is 0 Å². The van der Waals surface area contributed by atoms with Crippen LogP contribution < -0.4 is 0 Å². The van der Waals surface area contributed by atoms with Crippen LogP contribution >= 0.6 is 0 Å². The van der Waals surface area contributed by atoms with E-state index in [0.717, 1.165) is 29.6 Å². The molecular formula is C28H44NO+. The highest BCUT2D eigenvalue weighted by molar-refractivity contribution is 5.18. The Kier molecular flexibility index (Phi) is 11.2. The van der Waals surface area contributed by atoms with Crippen LogP contribution in [0, 0.1) is 5.92 Å². The van der Waals surface area contributed by atoms with Gasteiger partial charge in [0, 0.05) is 11.5 Å². The fraction of sp³-hybridized carbons (Fsp3) is 0.571. The quantitative estimate of drug-likeness (QED) is 0.244. The summed E-state index contributed by atoms with van der Waals surface area (Å²) in [5.74, 6) is 0.284. The number of hydrogen-bond acceptors (Lipinski definition) is 1. The van der Waals surface area contributed by atoms with Crippen LogP contribution in [-0.4, -0.2) is 30.2 Å². The van der Waals surface area contributed by atoms with Gasteiger partial charge in [-0.3, -0.25) is 0 Å². The molecule has 30 heavy (non-hydrogen) atoms. The number of benzene rings is 2. The Morgan fingerprint density at radius 2 is 1.27 bits per heavy atom. The van der Waals surface area contributed by atoms with Gasteiger partial charge < -0.3 is 9.59 Å². The van der Waals surface area contributed by atoms with Gasteiger partial charge in [-0.05, 0) is 12.0 Å². The van der Waals surface area contributed by atoms with E-state index in [1.807, 2.05) is 18.2 Å². The predicted octanol–water partition coefficient (Wildman–Crippen LogP) is 7.14. The Labute approximate surface area is 185 Å². The summed E-state index contributed by atoms with van der Waals surface area (Å²) in [5, 5.41) is 11.2. The van der Waals surface area contributed by atoms with Crippen LogP contribution in [0.5, 0.6) is 0 Å². The minimum Gasteiger partial charge on any atom is -0.388 e. The molecule has 2 rings (SSSR count). The average Bonchev–Trinajstić information content (AvgIpc) is 2.75. The molecule has 0 bridgehead atoms. The van der Waals surface area contributed by atoms with Crippen molar-refractivity contribution in [1.29, 1.82) is 0 Å². The smallest absolute Gasteiger partial charge is 0.104 e. The predicted molar refractivity (Wildman–Crippen MR) is 129 cm³/mol. The van der Waals surface area contributed by atoms with Crippen molar-refractivity contribution in [2.24, 2.45) is 5.92 Å². The van der Waals surface area contributed by atoms with Gasteiger partial charge in [-0.25, -0.2) is 0 Å². The van der Waals surface area contributed by atoms with Gasteiger partial charge in [0.05, 0.1) is 26.7 Å². The van der Waals surface area contributed by atoms with E-state index in [9.17, 15) is 5.11 Å². The monoisotopic (exact) mass is 410 g/mol. The lowest BCUT2D eigenvalue weighted by atomic mass is 9.89. The first-order valence-corrected chi connectivity index (χ1v) is 12.1. The largest absolute Gasteiger partial charge is 0.388 e. The molecule has 0 heterocycles. The van der Waals surface area contributed by atoms with Crippen molar-refractivity contribution in [2.75, 3.05) is 20.6 Å². The molecule has 1 N–H and O–H groups in total. The zero-order valence-electron chi connectivity index (χ0n) is 19.6. The first-order chi connectivity index (χ1) is 14.5. The fourth-order valence-electron chi connectivity index (χ4n) is 4.59. The van der Waals surface area contributed by atoms with Crippen molar-refractivity contribution in [3.05, 3.63) is 71.8 Å². The molecule has 0 radical (unpaired) electrons. The molecule has 0 fully saturated rings. The number of quaternary nitrogens is 1. The van der Waals surface area contributed by atoms with Gasteiger partial charge >= 0.3 is 0 Å². The van der Waals surface area contributed by atoms with Crippen LogP contribution in [0.3, 0.4) is 0 Å². The number of aliphatic hydroxyl groups is 1. The van der Waals surface area contributed by atoms with Crippen LogP contribution in [0.4, 0.5) is 0 Å². The highest BCUT2D eigenvalue weighted by Gasteiger charge is 2.28. The summed E-state index contributed by atoms with van der Waals surface area (Å²) in [6.07, 6.45) is 11.4. The van der Waals surface area contributed by atoms with Crippen LogP contribution in [0.1, 0.15) is 81.9 Å². The molecule has 0 aliphatic carbocycles. The fourth-order valence-corrected chi connectivity index (χ4v) is 4.59.